The Bertz CT molecular complexity index is 212. The average Bonchev–Trinajstić information content (AvgIpc) is 2.27. The van der Waals surface area contributed by atoms with E-state index in [0.717, 1.165) is 6.04 Å². The third-order valence-electron chi connectivity index (χ3n) is 2.24. The number of allylic oxidation sites excluding steroid dienone is 3. The monoisotopic (exact) mass is 258 g/mol. The van der Waals surface area contributed by atoms with Gasteiger partial charge < -0.3 is 13.3 Å². The summed E-state index contributed by atoms with van der Waals surface area (Å²) in [6.45, 7) is 13.6. The molecule has 0 heterocycles. The van der Waals surface area contributed by atoms with Crippen LogP contribution >= 0.6 is 0 Å². The fourth-order valence-corrected chi connectivity index (χ4v) is 4.54. The SMILES string of the molecule is C=CC=CC(C)C[Si](OCC)(OCC)OCC. The van der Waals surface area contributed by atoms with E-state index in [-0.39, 0.29) is 0 Å². The second-order valence-corrected chi connectivity index (χ2v) is 6.42. The highest BCUT2D eigenvalue weighted by Gasteiger charge is 2.41. The third kappa shape index (κ3) is 6.78. The lowest BCUT2D eigenvalue weighted by Gasteiger charge is -2.29. The van der Waals surface area contributed by atoms with Crippen LogP contribution in [0.25, 0.3) is 0 Å². The van der Waals surface area contributed by atoms with Crippen LogP contribution in [-0.2, 0) is 13.3 Å². The van der Waals surface area contributed by atoms with Crippen molar-refractivity contribution in [1.29, 1.82) is 0 Å². The average molecular weight is 258 g/mol. The summed E-state index contributed by atoms with van der Waals surface area (Å²) in [5.74, 6) is 0.365. The first kappa shape index (κ1) is 16.6. The molecule has 1 unspecified atom stereocenters. The lowest BCUT2D eigenvalue weighted by atomic mass is 10.2. The van der Waals surface area contributed by atoms with Crippen LogP contribution in [-0.4, -0.2) is 28.6 Å². The van der Waals surface area contributed by atoms with Gasteiger partial charge >= 0.3 is 8.80 Å². The molecule has 0 saturated heterocycles. The van der Waals surface area contributed by atoms with Crippen LogP contribution in [0.4, 0.5) is 0 Å². The van der Waals surface area contributed by atoms with Gasteiger partial charge in [0.05, 0.1) is 0 Å². The molecule has 1 atom stereocenters. The molecule has 0 saturated carbocycles. The first-order valence-corrected chi connectivity index (χ1v) is 8.28. The fourth-order valence-electron chi connectivity index (χ4n) is 1.69. The lowest BCUT2D eigenvalue weighted by Crippen LogP contribution is -2.47. The van der Waals surface area contributed by atoms with Crippen molar-refractivity contribution in [3.05, 3.63) is 24.8 Å². The van der Waals surface area contributed by atoms with Crippen molar-refractivity contribution in [3.63, 3.8) is 0 Å². The van der Waals surface area contributed by atoms with Crippen molar-refractivity contribution in [2.24, 2.45) is 5.92 Å². The second-order valence-electron chi connectivity index (χ2n) is 3.78. The van der Waals surface area contributed by atoms with Crippen molar-refractivity contribution in [1.82, 2.24) is 0 Å². The molecule has 3 nitrogen and oxygen atoms in total. The summed E-state index contributed by atoms with van der Waals surface area (Å²) < 4.78 is 17.4. The molecule has 17 heavy (non-hydrogen) atoms. The van der Waals surface area contributed by atoms with Gasteiger partial charge in [0.1, 0.15) is 0 Å². The summed E-state index contributed by atoms with van der Waals surface area (Å²) >= 11 is 0. The van der Waals surface area contributed by atoms with E-state index in [4.69, 9.17) is 13.3 Å². The van der Waals surface area contributed by atoms with Crippen LogP contribution < -0.4 is 0 Å². The van der Waals surface area contributed by atoms with Crippen molar-refractivity contribution >= 4 is 8.80 Å². The van der Waals surface area contributed by atoms with E-state index in [1.54, 1.807) is 6.08 Å². The molecule has 4 heteroatoms. The van der Waals surface area contributed by atoms with Gasteiger partial charge in [0.15, 0.2) is 0 Å². The van der Waals surface area contributed by atoms with Crippen molar-refractivity contribution < 1.29 is 13.3 Å². The molecule has 0 spiro atoms. The summed E-state index contributed by atoms with van der Waals surface area (Å²) in [6, 6.07) is 0.812. The predicted octanol–water partition coefficient (Wildman–Crippen LogP) is 3.41. The highest BCUT2D eigenvalue weighted by molar-refractivity contribution is 6.60. The zero-order chi connectivity index (χ0) is 13.1. The van der Waals surface area contributed by atoms with E-state index < -0.39 is 8.80 Å². The van der Waals surface area contributed by atoms with Crippen LogP contribution in [0.1, 0.15) is 27.7 Å². The van der Waals surface area contributed by atoms with Crippen LogP contribution in [0, 0.1) is 5.92 Å². The minimum absolute atomic E-state index is 0.365. The Balaban J connectivity index is 4.62. The molecule has 0 bridgehead atoms. The van der Waals surface area contributed by atoms with Crippen molar-refractivity contribution in [3.8, 4) is 0 Å². The minimum Gasteiger partial charge on any atom is -0.374 e. The van der Waals surface area contributed by atoms with Gasteiger partial charge in [-0.2, -0.15) is 0 Å². The number of hydrogen-bond donors (Lipinski definition) is 0. The molecule has 0 aromatic heterocycles. The Labute approximate surface area is 107 Å². The Morgan fingerprint density at radius 3 is 1.88 bits per heavy atom. The summed E-state index contributed by atoms with van der Waals surface area (Å²) in [7, 11) is -2.49. The Kier molecular flexibility index (Phi) is 9.35. The van der Waals surface area contributed by atoms with E-state index in [1.807, 2.05) is 26.8 Å². The normalized spacial score (nSPS) is 14.1. The quantitative estimate of drug-likeness (QED) is 0.444. The largest absolute Gasteiger partial charge is 0.501 e. The summed E-state index contributed by atoms with van der Waals surface area (Å²) in [5, 5.41) is 0. The molecule has 0 aliphatic carbocycles. The molecule has 0 aliphatic heterocycles. The molecule has 0 rings (SSSR count). The molecular weight excluding hydrogens is 232 g/mol. The number of hydrogen-bond acceptors (Lipinski definition) is 3. The number of rotatable bonds is 10. The summed E-state index contributed by atoms with van der Waals surface area (Å²) in [5.41, 5.74) is 0. The summed E-state index contributed by atoms with van der Waals surface area (Å²) in [6.07, 6.45) is 5.83. The van der Waals surface area contributed by atoms with E-state index in [1.165, 1.54) is 0 Å². The van der Waals surface area contributed by atoms with Gasteiger partial charge in [0, 0.05) is 25.9 Å². The minimum atomic E-state index is -2.49. The predicted molar refractivity (Wildman–Crippen MR) is 73.9 cm³/mol. The summed E-state index contributed by atoms with van der Waals surface area (Å²) in [4.78, 5) is 0. The molecule has 100 valence electrons. The Morgan fingerprint density at radius 2 is 1.53 bits per heavy atom. The molecule has 0 aromatic carbocycles. The van der Waals surface area contributed by atoms with Gasteiger partial charge in [-0.15, -0.1) is 0 Å². The van der Waals surface area contributed by atoms with Gasteiger partial charge in [-0.05, 0) is 26.7 Å². The van der Waals surface area contributed by atoms with Gasteiger partial charge in [0.2, 0.25) is 0 Å². The molecule has 0 radical (unpaired) electrons. The van der Waals surface area contributed by atoms with Gasteiger partial charge in [-0.25, -0.2) is 0 Å². The smallest absolute Gasteiger partial charge is 0.374 e. The first-order valence-electron chi connectivity index (χ1n) is 6.35. The standard InChI is InChI=1S/C13H26O3Si/c1-6-10-11-13(5)12-17(14-7-2,15-8-3)16-9-4/h6,10-11,13H,1,7-9,12H2,2-5H3. The highest BCUT2D eigenvalue weighted by atomic mass is 28.4. The van der Waals surface area contributed by atoms with Crippen LogP contribution in [0.15, 0.2) is 24.8 Å². The van der Waals surface area contributed by atoms with Gasteiger partial charge in [-0.1, -0.05) is 31.7 Å². The second kappa shape index (κ2) is 9.59. The van der Waals surface area contributed by atoms with Crippen LogP contribution in [0.2, 0.25) is 6.04 Å². The topological polar surface area (TPSA) is 27.7 Å². The first-order chi connectivity index (χ1) is 8.14. The van der Waals surface area contributed by atoms with Crippen molar-refractivity contribution in [2.45, 2.75) is 33.7 Å². The lowest BCUT2D eigenvalue weighted by molar-refractivity contribution is 0.0691. The molecule has 0 amide bonds. The van der Waals surface area contributed by atoms with E-state index in [9.17, 15) is 0 Å². The van der Waals surface area contributed by atoms with Gasteiger partial charge in [0.25, 0.3) is 0 Å². The molecular formula is C13H26O3Si. The van der Waals surface area contributed by atoms with Gasteiger partial charge in [-0.3, -0.25) is 0 Å². The Morgan fingerprint density at radius 1 is 1.06 bits per heavy atom. The van der Waals surface area contributed by atoms with Crippen molar-refractivity contribution in [2.75, 3.05) is 19.8 Å². The van der Waals surface area contributed by atoms with Crippen LogP contribution in [0.5, 0.6) is 0 Å². The molecule has 0 aliphatic rings. The maximum Gasteiger partial charge on any atom is 0.501 e. The zero-order valence-corrected chi connectivity index (χ0v) is 12.6. The Hall–Kier alpha value is -0.423. The maximum atomic E-state index is 5.80. The molecule has 0 fully saturated rings. The van der Waals surface area contributed by atoms with Crippen LogP contribution in [0.3, 0.4) is 0 Å². The fraction of sp³-hybridized carbons (Fsp3) is 0.692. The maximum absolute atomic E-state index is 5.80. The molecule has 0 N–H and O–H groups in total. The third-order valence-corrected chi connectivity index (χ3v) is 5.57. The van der Waals surface area contributed by atoms with E-state index in [2.05, 4.69) is 19.6 Å². The zero-order valence-electron chi connectivity index (χ0n) is 11.6. The highest BCUT2D eigenvalue weighted by Crippen LogP contribution is 2.22. The van der Waals surface area contributed by atoms with E-state index in [0.29, 0.717) is 25.7 Å². The van der Waals surface area contributed by atoms with E-state index >= 15 is 0 Å². The molecule has 0 aromatic rings.